The van der Waals surface area contributed by atoms with Gasteiger partial charge in [-0.05, 0) is 62.1 Å². The van der Waals surface area contributed by atoms with Crippen molar-refractivity contribution in [3.05, 3.63) is 54.6 Å². The summed E-state index contributed by atoms with van der Waals surface area (Å²) in [6.45, 7) is 2.61. The first kappa shape index (κ1) is 24.6. The highest BCUT2D eigenvalue weighted by atomic mass is 16.6. The molecule has 6 nitrogen and oxygen atoms in total. The van der Waals surface area contributed by atoms with Crippen LogP contribution in [0, 0.1) is 5.92 Å². The van der Waals surface area contributed by atoms with Crippen LogP contribution in [0.2, 0.25) is 0 Å². The van der Waals surface area contributed by atoms with Gasteiger partial charge in [0, 0.05) is 12.2 Å². The van der Waals surface area contributed by atoms with E-state index in [0.717, 1.165) is 44.3 Å². The lowest BCUT2D eigenvalue weighted by Crippen LogP contribution is -2.44. The van der Waals surface area contributed by atoms with Crippen molar-refractivity contribution in [2.24, 2.45) is 5.92 Å². The number of amides is 1. The SMILES string of the molecule is CCCCCC[C@@H]1C(=O)O[C@H]1CCCCCN(C(=O)O)c1ccc(Oc2ccccc2)cc1. The normalized spacial score (nSPS) is 17.2. The molecule has 33 heavy (non-hydrogen) atoms. The van der Waals surface area contributed by atoms with Crippen molar-refractivity contribution in [3.8, 4) is 11.5 Å². The van der Waals surface area contributed by atoms with Crippen LogP contribution in [0.4, 0.5) is 10.5 Å². The van der Waals surface area contributed by atoms with Crippen LogP contribution in [-0.4, -0.2) is 29.8 Å². The van der Waals surface area contributed by atoms with E-state index in [1.807, 2.05) is 30.3 Å². The average Bonchev–Trinajstić information content (AvgIpc) is 2.81. The van der Waals surface area contributed by atoms with E-state index in [1.54, 1.807) is 24.3 Å². The largest absolute Gasteiger partial charge is 0.465 e. The lowest BCUT2D eigenvalue weighted by Gasteiger charge is -2.35. The zero-order valence-corrected chi connectivity index (χ0v) is 19.4. The van der Waals surface area contributed by atoms with E-state index >= 15 is 0 Å². The number of benzene rings is 2. The second-order valence-electron chi connectivity index (χ2n) is 8.62. The van der Waals surface area contributed by atoms with Crippen LogP contribution < -0.4 is 9.64 Å². The Hall–Kier alpha value is -3.02. The molecule has 0 aromatic heterocycles. The molecule has 1 saturated heterocycles. The minimum atomic E-state index is -0.966. The summed E-state index contributed by atoms with van der Waals surface area (Å²) in [5.74, 6) is 1.41. The summed E-state index contributed by atoms with van der Waals surface area (Å²) in [6.07, 6.45) is 8.14. The number of anilines is 1. The Labute approximate surface area is 196 Å². The zero-order valence-electron chi connectivity index (χ0n) is 19.4. The first-order valence-corrected chi connectivity index (χ1v) is 12.1. The number of para-hydroxylation sites is 1. The third-order valence-corrected chi connectivity index (χ3v) is 6.12. The molecular weight excluding hydrogens is 418 g/mol. The van der Waals surface area contributed by atoms with Gasteiger partial charge in [0.05, 0.1) is 5.92 Å². The highest BCUT2D eigenvalue weighted by Gasteiger charge is 2.40. The molecule has 2 atom stereocenters. The Morgan fingerprint density at radius 3 is 2.24 bits per heavy atom. The lowest BCUT2D eigenvalue weighted by atomic mass is 9.87. The van der Waals surface area contributed by atoms with Crippen LogP contribution in [0.15, 0.2) is 54.6 Å². The van der Waals surface area contributed by atoms with Gasteiger partial charge >= 0.3 is 12.1 Å². The van der Waals surface area contributed by atoms with Crippen molar-refractivity contribution in [1.82, 2.24) is 0 Å². The first-order chi connectivity index (χ1) is 16.1. The monoisotopic (exact) mass is 453 g/mol. The van der Waals surface area contributed by atoms with Gasteiger partial charge in [-0.15, -0.1) is 0 Å². The number of unbranched alkanes of at least 4 members (excludes halogenated alkanes) is 5. The predicted molar refractivity (Wildman–Crippen MR) is 129 cm³/mol. The maximum absolute atomic E-state index is 11.8. The standard InChI is InChI=1S/C27H35NO5/c1-2-3-4-9-14-24-25(33-26(24)29)15-10-6-11-20-28(27(30)31)21-16-18-23(19-17-21)32-22-12-7-5-8-13-22/h5,7-8,12-13,16-19,24-25H,2-4,6,9-11,14-15,20H2,1H3,(H,30,31)/t24-,25-/m0/s1. The van der Waals surface area contributed by atoms with Gasteiger partial charge in [-0.3, -0.25) is 9.69 Å². The molecule has 1 N–H and O–H groups in total. The van der Waals surface area contributed by atoms with E-state index in [0.29, 0.717) is 18.0 Å². The van der Waals surface area contributed by atoms with Gasteiger partial charge in [0.15, 0.2) is 0 Å². The fourth-order valence-corrected chi connectivity index (χ4v) is 4.20. The average molecular weight is 454 g/mol. The van der Waals surface area contributed by atoms with Gasteiger partial charge in [0.2, 0.25) is 0 Å². The fraction of sp³-hybridized carbons (Fsp3) is 0.481. The van der Waals surface area contributed by atoms with E-state index < -0.39 is 6.09 Å². The van der Waals surface area contributed by atoms with E-state index in [9.17, 15) is 14.7 Å². The maximum atomic E-state index is 11.8. The Balaban J connectivity index is 1.39. The molecule has 1 amide bonds. The zero-order chi connectivity index (χ0) is 23.5. The molecule has 2 aromatic carbocycles. The van der Waals surface area contributed by atoms with Crippen molar-refractivity contribution in [2.45, 2.75) is 70.8 Å². The summed E-state index contributed by atoms with van der Waals surface area (Å²) in [4.78, 5) is 24.9. The summed E-state index contributed by atoms with van der Waals surface area (Å²) in [7, 11) is 0. The Kier molecular flexibility index (Phi) is 9.60. The maximum Gasteiger partial charge on any atom is 0.411 e. The number of carbonyl (C=O) groups is 2. The van der Waals surface area contributed by atoms with Gasteiger partial charge in [-0.2, -0.15) is 0 Å². The number of esters is 1. The van der Waals surface area contributed by atoms with Gasteiger partial charge in [0.1, 0.15) is 17.6 Å². The van der Waals surface area contributed by atoms with Crippen molar-refractivity contribution < 1.29 is 24.2 Å². The molecule has 3 rings (SSSR count). The van der Waals surface area contributed by atoms with Crippen LogP contribution in [0.3, 0.4) is 0 Å². The second-order valence-corrected chi connectivity index (χ2v) is 8.62. The minimum Gasteiger partial charge on any atom is -0.465 e. The number of hydrogen-bond donors (Lipinski definition) is 1. The summed E-state index contributed by atoms with van der Waals surface area (Å²) in [6, 6.07) is 16.6. The molecule has 0 bridgehead atoms. The second kappa shape index (κ2) is 12.9. The third kappa shape index (κ3) is 7.52. The molecule has 2 aromatic rings. The topological polar surface area (TPSA) is 76.1 Å². The number of carboxylic acid groups (broad SMARTS) is 1. The highest BCUT2D eigenvalue weighted by molar-refractivity contribution is 5.86. The molecule has 0 spiro atoms. The number of hydrogen-bond acceptors (Lipinski definition) is 4. The van der Waals surface area contributed by atoms with Gasteiger partial charge in [-0.25, -0.2) is 4.79 Å². The molecule has 1 aliphatic heterocycles. The molecule has 1 heterocycles. The Bertz CT molecular complexity index is 868. The molecule has 0 aliphatic carbocycles. The van der Waals surface area contributed by atoms with E-state index in [4.69, 9.17) is 9.47 Å². The number of rotatable bonds is 14. The smallest absolute Gasteiger partial charge is 0.411 e. The number of ether oxygens (including phenoxy) is 2. The number of cyclic esters (lactones) is 1. The quantitative estimate of drug-likeness (QED) is 0.245. The van der Waals surface area contributed by atoms with Crippen LogP contribution in [0.25, 0.3) is 0 Å². The lowest BCUT2D eigenvalue weighted by molar-refractivity contribution is -0.186. The van der Waals surface area contributed by atoms with Gasteiger partial charge in [0.25, 0.3) is 0 Å². The first-order valence-electron chi connectivity index (χ1n) is 12.1. The summed E-state index contributed by atoms with van der Waals surface area (Å²) in [5.41, 5.74) is 0.628. The van der Waals surface area contributed by atoms with Crippen LogP contribution in [0.5, 0.6) is 11.5 Å². The molecule has 0 unspecified atom stereocenters. The third-order valence-electron chi connectivity index (χ3n) is 6.12. The minimum absolute atomic E-state index is 0.0479. The van der Waals surface area contributed by atoms with Crippen molar-refractivity contribution in [3.63, 3.8) is 0 Å². The highest BCUT2D eigenvalue weighted by Crippen LogP contribution is 2.31. The Morgan fingerprint density at radius 2 is 1.58 bits per heavy atom. The van der Waals surface area contributed by atoms with Crippen LogP contribution >= 0.6 is 0 Å². The van der Waals surface area contributed by atoms with E-state index in [2.05, 4.69) is 6.92 Å². The number of carbonyl (C=O) groups excluding carboxylic acids is 1. The van der Waals surface area contributed by atoms with Crippen molar-refractivity contribution in [2.75, 3.05) is 11.4 Å². The van der Waals surface area contributed by atoms with Gasteiger partial charge in [-0.1, -0.05) is 57.2 Å². The van der Waals surface area contributed by atoms with Crippen LogP contribution in [-0.2, 0) is 9.53 Å². The molecule has 6 heteroatoms. The summed E-state index contributed by atoms with van der Waals surface area (Å²) in [5, 5.41) is 9.64. The molecular formula is C27H35NO5. The molecule has 1 aliphatic rings. The van der Waals surface area contributed by atoms with Crippen molar-refractivity contribution in [1.29, 1.82) is 0 Å². The van der Waals surface area contributed by atoms with Crippen molar-refractivity contribution >= 4 is 17.7 Å². The molecule has 0 radical (unpaired) electrons. The fourth-order valence-electron chi connectivity index (χ4n) is 4.20. The number of nitrogens with zero attached hydrogens (tertiary/aromatic N) is 1. The van der Waals surface area contributed by atoms with Gasteiger partial charge < -0.3 is 14.6 Å². The Morgan fingerprint density at radius 1 is 0.909 bits per heavy atom. The molecule has 0 saturated carbocycles. The predicted octanol–water partition coefficient (Wildman–Crippen LogP) is 7.04. The molecule has 1 fully saturated rings. The van der Waals surface area contributed by atoms with E-state index in [-0.39, 0.29) is 18.0 Å². The molecule has 178 valence electrons. The van der Waals surface area contributed by atoms with E-state index in [1.165, 1.54) is 24.2 Å². The van der Waals surface area contributed by atoms with Crippen LogP contribution in [0.1, 0.15) is 64.7 Å². The summed E-state index contributed by atoms with van der Waals surface area (Å²) >= 11 is 0. The summed E-state index contributed by atoms with van der Waals surface area (Å²) < 4.78 is 11.1.